The van der Waals surface area contributed by atoms with Crippen LogP contribution in [0.2, 0.25) is 0 Å². The van der Waals surface area contributed by atoms with Crippen molar-refractivity contribution in [3.8, 4) is 5.75 Å². The van der Waals surface area contributed by atoms with Crippen LogP contribution in [0.1, 0.15) is 32.1 Å². The molecule has 134 valence electrons. The smallest absolute Gasteiger partial charge is 0.240 e. The second-order valence-corrected chi connectivity index (χ2v) is 7.11. The molecule has 0 aliphatic carbocycles. The van der Waals surface area contributed by atoms with Crippen molar-refractivity contribution in [3.63, 3.8) is 0 Å². The lowest BCUT2D eigenvalue weighted by atomic mass is 9.99. The molecular weight excluding hydrogens is 318 g/mol. The molecule has 0 aromatic heterocycles. The van der Waals surface area contributed by atoms with E-state index < -0.39 is 0 Å². The third-order valence-electron chi connectivity index (χ3n) is 5.53. The first-order valence-electron chi connectivity index (χ1n) is 9.28. The molecule has 1 aromatic carbocycles. The second-order valence-electron chi connectivity index (χ2n) is 7.11. The first-order valence-corrected chi connectivity index (χ1v) is 9.28. The number of carbonyl (C=O) groups is 2. The van der Waals surface area contributed by atoms with Crippen molar-refractivity contribution < 1.29 is 14.3 Å². The lowest BCUT2D eigenvalue weighted by Crippen LogP contribution is -2.50. The van der Waals surface area contributed by atoms with Crippen LogP contribution < -0.4 is 15.0 Å². The lowest BCUT2D eigenvalue weighted by Gasteiger charge is -2.33. The molecule has 4 rings (SSSR count). The molecule has 3 heterocycles. The molecule has 6 heteroatoms. The summed E-state index contributed by atoms with van der Waals surface area (Å²) in [6, 6.07) is 8.10. The molecule has 3 aliphatic heterocycles. The molecule has 1 aromatic rings. The van der Waals surface area contributed by atoms with Gasteiger partial charge in [-0.25, -0.2) is 0 Å². The number of anilines is 1. The Labute approximate surface area is 148 Å². The van der Waals surface area contributed by atoms with Gasteiger partial charge in [-0.3, -0.25) is 19.4 Å². The molecule has 2 amide bonds. The highest BCUT2D eigenvalue weighted by Gasteiger charge is 2.36. The van der Waals surface area contributed by atoms with Gasteiger partial charge in [0.15, 0.2) is 0 Å². The van der Waals surface area contributed by atoms with E-state index in [1.807, 2.05) is 24.3 Å². The van der Waals surface area contributed by atoms with E-state index in [2.05, 4.69) is 10.2 Å². The summed E-state index contributed by atoms with van der Waals surface area (Å²) in [4.78, 5) is 29.1. The van der Waals surface area contributed by atoms with Crippen LogP contribution in [-0.4, -0.2) is 55.0 Å². The molecule has 1 N–H and O–H groups in total. The molecule has 0 unspecified atom stereocenters. The standard InChI is InChI=1S/C19H25N3O3/c23-18(20-14-8-11-21-10-4-3-5-15(14)21)13-22-16-6-1-2-7-17(16)25-12-9-19(22)24/h1-2,6-7,14-15H,3-5,8-13H2,(H,20,23)/t14-,15-/m1/s1. The van der Waals surface area contributed by atoms with Crippen LogP contribution in [0, 0.1) is 0 Å². The average molecular weight is 343 g/mol. The Morgan fingerprint density at radius 2 is 2.08 bits per heavy atom. The Kier molecular flexibility index (Phi) is 4.61. The third-order valence-corrected chi connectivity index (χ3v) is 5.53. The lowest BCUT2D eigenvalue weighted by molar-refractivity contribution is -0.124. The summed E-state index contributed by atoms with van der Waals surface area (Å²) < 4.78 is 5.63. The van der Waals surface area contributed by atoms with Crippen LogP contribution in [0.25, 0.3) is 0 Å². The quantitative estimate of drug-likeness (QED) is 0.904. The zero-order valence-electron chi connectivity index (χ0n) is 14.4. The zero-order chi connectivity index (χ0) is 17.2. The van der Waals surface area contributed by atoms with Gasteiger partial charge >= 0.3 is 0 Å². The highest BCUT2D eigenvalue weighted by atomic mass is 16.5. The van der Waals surface area contributed by atoms with Gasteiger partial charge in [0.2, 0.25) is 11.8 Å². The number of ether oxygens (including phenoxy) is 1. The van der Waals surface area contributed by atoms with E-state index in [-0.39, 0.29) is 24.4 Å². The molecule has 0 spiro atoms. The Morgan fingerprint density at radius 1 is 1.20 bits per heavy atom. The number of fused-ring (bicyclic) bond motifs is 2. The number of hydrogen-bond donors (Lipinski definition) is 1. The number of para-hydroxylation sites is 2. The van der Waals surface area contributed by atoms with Gasteiger partial charge in [0, 0.05) is 18.6 Å². The molecule has 25 heavy (non-hydrogen) atoms. The van der Waals surface area contributed by atoms with Crippen molar-refractivity contribution in [2.75, 3.05) is 31.1 Å². The minimum Gasteiger partial charge on any atom is -0.491 e. The molecule has 0 bridgehead atoms. The fourth-order valence-corrected chi connectivity index (χ4v) is 4.30. The molecular formula is C19H25N3O3. The number of nitrogens with zero attached hydrogens (tertiary/aromatic N) is 2. The van der Waals surface area contributed by atoms with E-state index in [4.69, 9.17) is 4.74 Å². The summed E-state index contributed by atoms with van der Waals surface area (Å²) in [5, 5.41) is 3.18. The van der Waals surface area contributed by atoms with Crippen LogP contribution in [0.5, 0.6) is 5.75 Å². The van der Waals surface area contributed by atoms with Gasteiger partial charge in [0.25, 0.3) is 0 Å². The molecule has 6 nitrogen and oxygen atoms in total. The third kappa shape index (κ3) is 3.35. The highest BCUT2D eigenvalue weighted by Crippen LogP contribution is 2.31. The second kappa shape index (κ2) is 7.04. The molecule has 2 fully saturated rings. The van der Waals surface area contributed by atoms with E-state index in [0.29, 0.717) is 30.5 Å². The minimum absolute atomic E-state index is 0.0580. The topological polar surface area (TPSA) is 61.9 Å². The summed E-state index contributed by atoms with van der Waals surface area (Å²) in [7, 11) is 0. The SMILES string of the molecule is O=C(CN1C(=O)CCOc2ccccc21)N[C@@H]1CCN2CCCC[C@H]12. The predicted octanol–water partition coefficient (Wildman–Crippen LogP) is 1.55. The number of amides is 2. The minimum atomic E-state index is -0.0810. The van der Waals surface area contributed by atoms with Crippen molar-refractivity contribution in [3.05, 3.63) is 24.3 Å². The molecule has 0 saturated carbocycles. The van der Waals surface area contributed by atoms with Crippen LogP contribution in [0.3, 0.4) is 0 Å². The summed E-state index contributed by atoms with van der Waals surface area (Å²) in [6.07, 6.45) is 4.95. The fraction of sp³-hybridized carbons (Fsp3) is 0.579. The maximum absolute atomic E-state index is 12.6. The van der Waals surface area contributed by atoms with Crippen molar-refractivity contribution >= 4 is 17.5 Å². The number of hydrogen-bond acceptors (Lipinski definition) is 4. The predicted molar refractivity (Wildman–Crippen MR) is 94.7 cm³/mol. The van der Waals surface area contributed by atoms with Crippen LogP contribution >= 0.6 is 0 Å². The molecule has 3 aliphatic rings. The van der Waals surface area contributed by atoms with Gasteiger partial charge < -0.3 is 10.1 Å². The zero-order valence-corrected chi connectivity index (χ0v) is 14.4. The van der Waals surface area contributed by atoms with E-state index in [0.717, 1.165) is 25.9 Å². The number of benzene rings is 1. The Bertz CT molecular complexity index is 663. The Morgan fingerprint density at radius 3 is 3.00 bits per heavy atom. The van der Waals surface area contributed by atoms with E-state index in [9.17, 15) is 9.59 Å². The van der Waals surface area contributed by atoms with Gasteiger partial charge in [-0.1, -0.05) is 18.6 Å². The van der Waals surface area contributed by atoms with E-state index in [1.165, 1.54) is 12.8 Å². The van der Waals surface area contributed by atoms with Crippen molar-refractivity contribution in [2.24, 2.45) is 0 Å². The van der Waals surface area contributed by atoms with Gasteiger partial charge in [0.1, 0.15) is 12.3 Å². The summed E-state index contributed by atoms with van der Waals surface area (Å²) >= 11 is 0. The van der Waals surface area contributed by atoms with Gasteiger partial charge in [0.05, 0.1) is 18.7 Å². The van der Waals surface area contributed by atoms with E-state index >= 15 is 0 Å². The average Bonchev–Trinajstić information content (AvgIpc) is 2.96. The summed E-state index contributed by atoms with van der Waals surface area (Å²) in [5.74, 6) is 0.522. The van der Waals surface area contributed by atoms with Crippen LogP contribution in [-0.2, 0) is 9.59 Å². The Balaban J connectivity index is 1.44. The van der Waals surface area contributed by atoms with E-state index in [1.54, 1.807) is 4.90 Å². The monoisotopic (exact) mass is 343 g/mol. The first-order chi connectivity index (χ1) is 12.2. The van der Waals surface area contributed by atoms with Crippen molar-refractivity contribution in [1.82, 2.24) is 10.2 Å². The number of nitrogens with one attached hydrogen (secondary N) is 1. The maximum Gasteiger partial charge on any atom is 0.240 e. The van der Waals surface area contributed by atoms with Crippen LogP contribution in [0.4, 0.5) is 5.69 Å². The summed E-state index contributed by atoms with van der Waals surface area (Å²) in [6.45, 7) is 2.62. The Hall–Kier alpha value is -2.08. The van der Waals surface area contributed by atoms with Crippen molar-refractivity contribution in [2.45, 2.75) is 44.2 Å². The number of carbonyl (C=O) groups excluding carboxylic acids is 2. The van der Waals surface area contributed by atoms with Crippen molar-refractivity contribution in [1.29, 1.82) is 0 Å². The first kappa shape index (κ1) is 16.4. The molecule has 2 atom stereocenters. The fourth-order valence-electron chi connectivity index (χ4n) is 4.30. The highest BCUT2D eigenvalue weighted by molar-refractivity contribution is 6.00. The summed E-state index contributed by atoms with van der Waals surface area (Å²) in [5.41, 5.74) is 0.686. The van der Waals surface area contributed by atoms with Crippen LogP contribution in [0.15, 0.2) is 24.3 Å². The number of rotatable bonds is 3. The van der Waals surface area contributed by atoms with Gasteiger partial charge in [-0.15, -0.1) is 0 Å². The normalized spacial score (nSPS) is 26.4. The maximum atomic E-state index is 12.6. The van der Waals surface area contributed by atoms with Gasteiger partial charge in [-0.05, 0) is 37.9 Å². The molecule has 2 saturated heterocycles. The molecule has 0 radical (unpaired) electrons. The largest absolute Gasteiger partial charge is 0.491 e. The van der Waals surface area contributed by atoms with Gasteiger partial charge in [-0.2, -0.15) is 0 Å². The number of piperidine rings is 1.